The van der Waals surface area contributed by atoms with Gasteiger partial charge in [0.1, 0.15) is 109 Å². The first-order chi connectivity index (χ1) is 44.8. The largest absolute Gasteiger partial charge is 0.790 e. The molecule has 5 aliphatic rings. The number of aliphatic hydroxyl groups is 15. The van der Waals surface area contributed by atoms with E-state index < -0.39 is 314 Å². The fourth-order valence-corrected chi connectivity index (χ4v) is 11.6. The first-order valence-electron chi connectivity index (χ1n) is 28.5. The van der Waals surface area contributed by atoms with Crippen LogP contribution < -0.4 is 45.5 Å². The van der Waals surface area contributed by atoms with E-state index in [-0.39, 0.29) is 0 Å². The van der Waals surface area contributed by atoms with Crippen LogP contribution in [0.4, 0.5) is 0 Å². The Balaban J connectivity index is 1.64. The van der Waals surface area contributed by atoms with Crippen molar-refractivity contribution in [1.29, 1.82) is 0 Å². The molecular formula is C48H71N2O44P2-7. The number of aliphatic hydroxyl groups excluding tert-OH is 15. The Morgan fingerprint density at radius 2 is 0.885 bits per heavy atom. The SMILES string of the molecule is O=C(CCO)N[C@H]1[C@H](OC[C@H]2O[C@H](OP(=O)([O-])[O-])[C@H](NC(=O)CCO)[C@@H](OC(=O)CCO)[C@@H]2O)O[C@H](CO[C@]2(C(=O)[O-])C[C@@H](O[C@]3(C(=O)[O-])C[C@@H](O[C@]4(C(=O)[O-])C[C@@H](O)[C@@H](O)[C@@H]([C@H](O)CO)O4)[C@@H](O)[C@@H]([C@H](O)CO)O3)[C@@H](O)[C@@H]([C@H](O)CO)O2)[C@@H](OP(=O)([O-])[O-])[C@@H]1OC(=O)CCO. The molecule has 46 nitrogen and oxygen atoms in total. The summed E-state index contributed by atoms with van der Waals surface area (Å²) in [5.41, 5.74) is 0. The van der Waals surface area contributed by atoms with Crippen LogP contribution in [-0.4, -0.2) is 330 Å². The van der Waals surface area contributed by atoms with E-state index in [0.29, 0.717) is 0 Å². The molecule has 17 N–H and O–H groups in total. The number of nitrogens with one attached hydrogen (secondary N) is 2. The van der Waals surface area contributed by atoms with Crippen LogP contribution in [0.1, 0.15) is 44.9 Å². The number of carbonyl (C=O) groups excluding carboxylic acids is 7. The fraction of sp³-hybridized carbons (Fsp3) is 0.854. The van der Waals surface area contributed by atoms with Gasteiger partial charge < -0.3 is 207 Å². The van der Waals surface area contributed by atoms with Crippen LogP contribution in [0.25, 0.3) is 0 Å². The lowest BCUT2D eigenvalue weighted by Gasteiger charge is -2.54. The number of hydrogen-bond acceptors (Lipinski definition) is 44. The molecule has 0 aromatic carbocycles. The van der Waals surface area contributed by atoms with Gasteiger partial charge in [-0.2, -0.15) is 0 Å². The zero-order chi connectivity index (χ0) is 72.2. The van der Waals surface area contributed by atoms with Gasteiger partial charge in [0.05, 0.1) is 106 Å². The third-order valence-electron chi connectivity index (χ3n) is 15.1. The second kappa shape index (κ2) is 35.2. The fourth-order valence-electron chi connectivity index (χ4n) is 10.6. The minimum Gasteiger partial charge on any atom is -0.790 e. The Bertz CT molecular complexity index is 2710. The van der Waals surface area contributed by atoms with Gasteiger partial charge in [-0.3, -0.25) is 19.2 Å². The number of carbonyl (C=O) groups is 7. The van der Waals surface area contributed by atoms with Crippen molar-refractivity contribution >= 4 is 57.3 Å². The number of ether oxygens (including phenoxy) is 11. The Kier molecular flexibility index (Phi) is 30.2. The lowest BCUT2D eigenvalue weighted by atomic mass is 9.89. The lowest BCUT2D eigenvalue weighted by molar-refractivity contribution is -0.432. The summed E-state index contributed by atoms with van der Waals surface area (Å²) >= 11 is 0. The molecule has 5 saturated heterocycles. The quantitative estimate of drug-likeness (QED) is 0.0207. The van der Waals surface area contributed by atoms with E-state index >= 15 is 0 Å². The molecule has 5 aliphatic heterocycles. The Hall–Kier alpha value is -4.45. The molecule has 5 rings (SSSR count). The van der Waals surface area contributed by atoms with Gasteiger partial charge in [0.15, 0.2) is 24.8 Å². The number of amides is 2. The second-order valence-corrected chi connectivity index (χ2v) is 24.1. The maximum atomic E-state index is 13.6. The Morgan fingerprint density at radius 1 is 0.490 bits per heavy atom. The molecule has 0 aromatic heterocycles. The average Bonchev–Trinajstić information content (AvgIpc) is 0.774. The number of rotatable bonds is 35. The summed E-state index contributed by atoms with van der Waals surface area (Å²) in [4.78, 5) is 141. The van der Waals surface area contributed by atoms with Crippen molar-refractivity contribution in [2.45, 2.75) is 197 Å². The molecule has 554 valence electrons. The minimum atomic E-state index is -6.62. The van der Waals surface area contributed by atoms with Gasteiger partial charge in [-0.1, -0.05) is 0 Å². The molecule has 96 heavy (non-hydrogen) atoms. The first-order valence-corrected chi connectivity index (χ1v) is 31.4. The zero-order valence-electron chi connectivity index (χ0n) is 49.5. The Labute approximate surface area is 538 Å². The minimum absolute atomic E-state index is 0.779. The molecule has 0 saturated carbocycles. The van der Waals surface area contributed by atoms with E-state index in [4.69, 9.17) is 56.6 Å². The summed E-state index contributed by atoms with van der Waals surface area (Å²) in [5, 5.41) is 200. The van der Waals surface area contributed by atoms with Crippen molar-refractivity contribution in [2.75, 3.05) is 59.5 Å². The van der Waals surface area contributed by atoms with E-state index in [2.05, 4.69) is 9.84 Å². The maximum absolute atomic E-state index is 13.6. The molecule has 48 heteroatoms. The molecular weight excluding hydrogens is 1370 g/mol. The summed E-state index contributed by atoms with van der Waals surface area (Å²) in [6.45, 7) is -11.5. The highest BCUT2D eigenvalue weighted by atomic mass is 31.2. The normalized spacial score (nSPS) is 36.9. The number of phosphoric ester groups is 2. The van der Waals surface area contributed by atoms with Gasteiger partial charge >= 0.3 is 11.9 Å². The predicted octanol–water partition coefficient (Wildman–Crippen LogP) is -19.8. The molecule has 2 amide bonds. The van der Waals surface area contributed by atoms with Crippen molar-refractivity contribution in [3.8, 4) is 0 Å². The summed E-state index contributed by atoms with van der Waals surface area (Å²) in [7, 11) is -12.9. The van der Waals surface area contributed by atoms with E-state index in [1.54, 1.807) is 0 Å². The summed E-state index contributed by atoms with van der Waals surface area (Å²) in [5.74, 6) is -24.7. The van der Waals surface area contributed by atoms with Crippen LogP contribution in [0, 0.1) is 0 Å². The van der Waals surface area contributed by atoms with Crippen molar-refractivity contribution in [3.05, 3.63) is 0 Å². The average molecular weight is 1440 g/mol. The third kappa shape index (κ3) is 20.6. The van der Waals surface area contributed by atoms with Gasteiger partial charge in [-0.25, -0.2) is 0 Å². The highest BCUT2D eigenvalue weighted by Crippen LogP contribution is 2.45. The third-order valence-corrected chi connectivity index (χ3v) is 16.1. The van der Waals surface area contributed by atoms with Crippen molar-refractivity contribution in [2.24, 2.45) is 0 Å². The topological polar surface area (TPSA) is 763 Å². The number of aliphatic carboxylic acids is 3. The lowest BCUT2D eigenvalue weighted by Crippen LogP contribution is -2.72. The van der Waals surface area contributed by atoms with Crippen LogP contribution in [0.3, 0.4) is 0 Å². The van der Waals surface area contributed by atoms with Crippen molar-refractivity contribution in [3.63, 3.8) is 0 Å². The van der Waals surface area contributed by atoms with Crippen LogP contribution in [0.15, 0.2) is 0 Å². The summed E-state index contributed by atoms with van der Waals surface area (Å²) < 4.78 is 94.4. The molecule has 25 atom stereocenters. The van der Waals surface area contributed by atoms with Gasteiger partial charge in [0.2, 0.25) is 29.2 Å². The number of phosphoric acid groups is 2. The molecule has 0 aromatic rings. The van der Waals surface area contributed by atoms with Crippen molar-refractivity contribution < 1.29 is 215 Å². The van der Waals surface area contributed by atoms with E-state index in [9.17, 15) is 154 Å². The van der Waals surface area contributed by atoms with E-state index in [1.165, 1.54) is 0 Å². The molecule has 0 radical (unpaired) electrons. The van der Waals surface area contributed by atoms with Crippen molar-refractivity contribution in [1.82, 2.24) is 10.6 Å². The number of esters is 2. The van der Waals surface area contributed by atoms with Crippen LogP contribution in [0.5, 0.6) is 0 Å². The van der Waals surface area contributed by atoms with Crippen LogP contribution in [0.2, 0.25) is 0 Å². The standard InChI is InChI=1S/C48H78N2O44P2/c51-5-1-25(62)49-29-39(86-27(64)3-7-53)34(69)23(84-42(29)94-96(79,80)81)15-82-41-30(50-26(63)2-6-52)40(87-28(65)4-8-54)38(93-95(76,77)78)24(85-41)16-83-46(43(70)71)10-21(32(67)36(90-46)19(60)13-56)89-48(45(74)75)11-22(33(68)37(92-48)20(61)14-57)88-47(44(72)73)9-17(58)31(66)35(91-47)18(59)12-55/h17-24,29-42,51-61,66-69H,1-16H2,(H,49,62)(H,50,63)(H,70,71)(H,72,73)(H,74,75)(H2,76,77,78)(H2,79,80,81)/p-7/t17-,18-,19-,20-,21-,22-,23-,24-,29-,30-,31-,32-,33-,34-,35-,36-,37-,38-,39-,40-,41-,42-,46-,47-,48-/m1/s1. The predicted molar refractivity (Wildman–Crippen MR) is 272 cm³/mol. The van der Waals surface area contributed by atoms with Gasteiger partial charge in [-0.15, -0.1) is 0 Å². The molecule has 5 fully saturated rings. The molecule has 0 spiro atoms. The monoisotopic (exact) mass is 1440 g/mol. The smallest absolute Gasteiger partial charge is 0.308 e. The van der Waals surface area contributed by atoms with E-state index in [1.807, 2.05) is 5.32 Å². The summed E-state index contributed by atoms with van der Waals surface area (Å²) in [6, 6.07) is -4.60. The molecule has 0 aliphatic carbocycles. The second-order valence-electron chi connectivity index (χ2n) is 21.9. The van der Waals surface area contributed by atoms with Crippen LogP contribution in [-0.2, 0) is 104 Å². The zero-order valence-corrected chi connectivity index (χ0v) is 51.2. The maximum Gasteiger partial charge on any atom is 0.308 e. The van der Waals surface area contributed by atoms with Crippen LogP contribution >= 0.6 is 15.6 Å². The molecule has 5 heterocycles. The number of hydrogen-bond donors (Lipinski definition) is 17. The van der Waals surface area contributed by atoms with E-state index in [0.717, 1.165) is 0 Å². The van der Waals surface area contributed by atoms with Gasteiger partial charge in [0.25, 0.3) is 0 Å². The summed E-state index contributed by atoms with van der Waals surface area (Å²) in [6.07, 6.45) is -59.2. The number of carboxylic acid groups (broad SMARTS) is 3. The van der Waals surface area contributed by atoms with Gasteiger partial charge in [0, 0.05) is 32.1 Å². The van der Waals surface area contributed by atoms with Gasteiger partial charge in [-0.05, 0) is 0 Å². The molecule has 0 bridgehead atoms. The highest BCUT2D eigenvalue weighted by Gasteiger charge is 2.62. The Morgan fingerprint density at radius 3 is 1.31 bits per heavy atom. The first kappa shape index (κ1) is 82.2. The molecule has 0 unspecified atom stereocenters. The highest BCUT2D eigenvalue weighted by molar-refractivity contribution is 7.43. The number of carboxylic acids is 3.